The normalized spacial score (nSPS) is 27.2. The van der Waals surface area contributed by atoms with E-state index in [1.807, 2.05) is 4.72 Å². The van der Waals surface area contributed by atoms with Gasteiger partial charge in [0.05, 0.1) is 35.0 Å². The monoisotopic (exact) mass is 840 g/mol. The van der Waals surface area contributed by atoms with Crippen molar-refractivity contribution in [3.63, 3.8) is 0 Å². The largest absolute Gasteiger partial charge is 0.471 e. The minimum atomic E-state index is -4.33. The Labute approximate surface area is 333 Å². The number of alkyl carbamates (subject to hydrolysis) is 1. The lowest BCUT2D eigenvalue weighted by Gasteiger charge is -2.36. The highest BCUT2D eigenvalue weighted by Crippen LogP contribution is 2.42. The lowest BCUT2D eigenvalue weighted by Crippen LogP contribution is -2.63. The first-order valence-electron chi connectivity index (χ1n) is 19.1. The number of halogens is 4. The van der Waals surface area contributed by atoms with E-state index in [9.17, 15) is 36.4 Å². The second kappa shape index (κ2) is 15.9. The van der Waals surface area contributed by atoms with E-state index in [1.54, 1.807) is 32.9 Å². The molecule has 2 aliphatic heterocycles. The molecule has 6 atom stereocenters. The van der Waals surface area contributed by atoms with E-state index in [1.165, 1.54) is 19.1 Å². The van der Waals surface area contributed by atoms with Crippen LogP contribution in [0.25, 0.3) is 11.0 Å². The van der Waals surface area contributed by atoms with E-state index in [2.05, 4.69) is 20.6 Å². The fraction of sp³-hybridized carbons (Fsp3) is 0.632. The number of alkyl halides is 4. The summed E-state index contributed by atoms with van der Waals surface area (Å²) in [5, 5.41) is 4.86. The second-order valence-electron chi connectivity index (χ2n) is 16.9. The van der Waals surface area contributed by atoms with Gasteiger partial charge in [0.15, 0.2) is 5.69 Å². The fourth-order valence-electron chi connectivity index (χ4n) is 7.26. The van der Waals surface area contributed by atoms with Gasteiger partial charge in [-0.05, 0) is 69.6 Å². The number of nitrogens with one attached hydrogen (secondary N) is 3. The average molecular weight is 841 g/mol. The van der Waals surface area contributed by atoms with Crippen LogP contribution in [0.15, 0.2) is 36.4 Å². The number of sulfonamides is 1. The molecular weight excluding hydrogens is 793 g/mol. The zero-order valence-corrected chi connectivity index (χ0v) is 33.5. The van der Waals surface area contributed by atoms with E-state index in [0.717, 1.165) is 17.9 Å². The van der Waals surface area contributed by atoms with E-state index < -0.39 is 123 Å². The van der Waals surface area contributed by atoms with Gasteiger partial charge in [-0.2, -0.15) is 8.78 Å². The number of ether oxygens (including phenoxy) is 3. The van der Waals surface area contributed by atoms with Gasteiger partial charge in [0.2, 0.25) is 34.1 Å². The Morgan fingerprint density at radius 2 is 1.69 bits per heavy atom. The van der Waals surface area contributed by atoms with E-state index >= 15 is 8.78 Å². The molecule has 58 heavy (non-hydrogen) atoms. The van der Waals surface area contributed by atoms with Crippen molar-refractivity contribution in [3.05, 3.63) is 42.1 Å². The number of para-hydroxylation sites is 2. The van der Waals surface area contributed by atoms with Crippen LogP contribution in [-0.2, 0) is 39.8 Å². The number of carbonyl (C=O) groups excluding carboxylic acids is 4. The van der Waals surface area contributed by atoms with Crippen LogP contribution in [0.3, 0.4) is 0 Å². The molecule has 6 rings (SSSR count). The summed E-state index contributed by atoms with van der Waals surface area (Å²) in [5.74, 6) is -7.82. The Hall–Kier alpha value is -4.59. The maximum Gasteiger partial charge on any atom is 0.408 e. The first-order chi connectivity index (χ1) is 27.0. The predicted octanol–water partition coefficient (Wildman–Crippen LogP) is 4.25. The number of aromatic nitrogens is 2. The molecule has 3 fully saturated rings. The van der Waals surface area contributed by atoms with Crippen molar-refractivity contribution in [1.82, 2.24) is 30.2 Å². The van der Waals surface area contributed by atoms with Gasteiger partial charge in [0, 0.05) is 12.8 Å². The Morgan fingerprint density at radius 1 is 1.03 bits per heavy atom. The van der Waals surface area contributed by atoms with Crippen LogP contribution < -0.4 is 20.1 Å². The van der Waals surface area contributed by atoms with Crippen LogP contribution in [0, 0.1) is 5.41 Å². The van der Waals surface area contributed by atoms with Crippen LogP contribution in [0.5, 0.6) is 5.88 Å². The lowest BCUT2D eigenvalue weighted by atomic mass is 9.85. The highest BCUT2D eigenvalue weighted by Gasteiger charge is 2.54. The fourth-order valence-corrected chi connectivity index (χ4v) is 8.61. The maximum absolute atomic E-state index is 16.1. The Morgan fingerprint density at radius 3 is 2.33 bits per heavy atom. The molecule has 2 aliphatic carbocycles. The predicted molar refractivity (Wildman–Crippen MR) is 199 cm³/mol. The molecule has 2 aromatic rings. The number of hydrogen-bond donors (Lipinski definition) is 3. The summed E-state index contributed by atoms with van der Waals surface area (Å²) in [5.41, 5.74) is -4.11. The molecule has 3 N–H and O–H groups in total. The topological polar surface area (TPSA) is 195 Å². The highest BCUT2D eigenvalue weighted by atomic mass is 32.2. The van der Waals surface area contributed by atoms with E-state index in [-0.39, 0.29) is 30.5 Å². The quantitative estimate of drug-likeness (QED) is 0.267. The van der Waals surface area contributed by atoms with Gasteiger partial charge in [-0.1, -0.05) is 39.0 Å². The third-order valence-corrected chi connectivity index (χ3v) is 13.2. The van der Waals surface area contributed by atoms with Gasteiger partial charge in [-0.25, -0.2) is 32.0 Å². The van der Waals surface area contributed by atoms with Crippen molar-refractivity contribution in [3.8, 4) is 5.88 Å². The Balaban J connectivity index is 1.40. The third-order valence-electron chi connectivity index (χ3n) is 11.0. The van der Waals surface area contributed by atoms with Crippen molar-refractivity contribution in [2.45, 2.75) is 133 Å². The molecule has 4 amide bonds. The average Bonchev–Trinajstić information content (AvgIpc) is 3.53. The summed E-state index contributed by atoms with van der Waals surface area (Å²) >= 11 is 0. The molecule has 3 heterocycles. The molecule has 2 saturated carbocycles. The zero-order valence-electron chi connectivity index (χ0n) is 32.7. The van der Waals surface area contributed by atoms with Gasteiger partial charge >= 0.3 is 12.0 Å². The van der Waals surface area contributed by atoms with E-state index in [4.69, 9.17) is 14.2 Å². The van der Waals surface area contributed by atoms with Crippen LogP contribution in [0.2, 0.25) is 0 Å². The Bertz CT molecular complexity index is 2080. The van der Waals surface area contributed by atoms with Crippen LogP contribution >= 0.6 is 0 Å². The number of benzene rings is 1. The number of rotatable bonds is 7. The van der Waals surface area contributed by atoms with Crippen molar-refractivity contribution in [2.24, 2.45) is 5.41 Å². The lowest BCUT2D eigenvalue weighted by molar-refractivity contribution is -0.144. The van der Waals surface area contributed by atoms with Crippen LogP contribution in [0.1, 0.15) is 85.3 Å². The smallest absolute Gasteiger partial charge is 0.408 e. The zero-order chi connectivity index (χ0) is 42.4. The standard InChI is InChI=1S/C38H48F4N6O9S/c1-35(2,3)29-32(50)48-20-21(18-24(48)30(49)46-37(5,19-27(39)40)33(51)47-58(53,54)36(4)15-16-36)56-31-28(43-22-10-6-7-11-23(22)44-31)38(41,42)14-9-17-55-25-12-8-13-26(25)57-34(52)45-29/h6-7,9-11,14,21,24-27,29H,8,12-13,15-20H2,1-5H3,(H,45,52)(H,46,49)(H,47,51). The summed E-state index contributed by atoms with van der Waals surface area (Å²) in [6, 6.07) is 3.21. The number of nitrogens with zero attached hydrogens (tertiary/aromatic N) is 3. The van der Waals surface area contributed by atoms with E-state index in [0.29, 0.717) is 25.3 Å². The molecular formula is C38H48F4N6O9S. The highest BCUT2D eigenvalue weighted by molar-refractivity contribution is 7.91. The number of amides is 4. The van der Waals surface area contributed by atoms with Crippen LogP contribution in [-0.4, -0.2) is 107 Å². The van der Waals surface area contributed by atoms with Gasteiger partial charge < -0.3 is 29.7 Å². The van der Waals surface area contributed by atoms with Crippen molar-refractivity contribution in [1.29, 1.82) is 0 Å². The summed E-state index contributed by atoms with van der Waals surface area (Å²) in [6.07, 6.45) is -4.97. The summed E-state index contributed by atoms with van der Waals surface area (Å²) in [6.45, 7) is 6.51. The first kappa shape index (κ1) is 43.0. The molecule has 4 aliphatic rings. The molecule has 0 radical (unpaired) electrons. The third kappa shape index (κ3) is 9.16. The molecule has 1 aromatic carbocycles. The van der Waals surface area contributed by atoms with Gasteiger partial charge in [0.25, 0.3) is 5.91 Å². The number of carbonyl (C=O) groups is 4. The van der Waals surface area contributed by atoms with Gasteiger partial charge in [0.1, 0.15) is 29.8 Å². The summed E-state index contributed by atoms with van der Waals surface area (Å²) in [4.78, 5) is 65.2. The second-order valence-corrected chi connectivity index (χ2v) is 19.1. The molecule has 6 unspecified atom stereocenters. The number of hydrogen-bond acceptors (Lipinski definition) is 11. The first-order valence-corrected chi connectivity index (χ1v) is 20.6. The Kier molecular flexibility index (Phi) is 11.8. The molecule has 1 saturated heterocycles. The molecule has 318 valence electrons. The summed E-state index contributed by atoms with van der Waals surface area (Å²) in [7, 11) is -4.33. The maximum atomic E-state index is 16.1. The van der Waals surface area contributed by atoms with Gasteiger partial charge in [-0.3, -0.25) is 19.1 Å². The van der Waals surface area contributed by atoms with Crippen LogP contribution in [0.4, 0.5) is 22.4 Å². The number of fused-ring (bicyclic) bond motifs is 5. The minimum Gasteiger partial charge on any atom is -0.471 e. The van der Waals surface area contributed by atoms with Gasteiger partial charge in [-0.15, -0.1) is 0 Å². The van der Waals surface area contributed by atoms with Crippen molar-refractivity contribution in [2.75, 3.05) is 13.2 Å². The molecule has 1 aromatic heterocycles. The molecule has 15 nitrogen and oxygen atoms in total. The SMILES string of the molecule is CC(CC(F)F)(NC(=O)C1CC2CN1C(=O)C(C(C)(C)C)NC(=O)OC1CCCC1OCC=CC(F)(F)c1nc3ccccc3nc1O2)C(=O)NS(=O)(=O)C1(C)CC1. The number of allylic oxidation sites excluding steroid dienone is 1. The molecule has 2 bridgehead atoms. The molecule has 0 spiro atoms. The van der Waals surface area contributed by atoms with Crippen molar-refractivity contribution < 1.29 is 59.4 Å². The minimum absolute atomic E-state index is 0.126. The van der Waals surface area contributed by atoms with Crippen molar-refractivity contribution >= 4 is 44.9 Å². The summed E-state index contributed by atoms with van der Waals surface area (Å²) < 4.78 is 104. The molecule has 20 heteroatoms.